The molecule has 7 rings (SSSR count). The third kappa shape index (κ3) is 6.20. The van der Waals surface area contributed by atoms with Gasteiger partial charge in [-0.05, 0) is 78.8 Å². The van der Waals surface area contributed by atoms with Crippen LogP contribution in [0.3, 0.4) is 0 Å². The van der Waals surface area contributed by atoms with E-state index in [0.717, 1.165) is 91.1 Å². The molecule has 1 amide bonds. The van der Waals surface area contributed by atoms with Crippen LogP contribution in [0.25, 0.3) is 5.57 Å². The van der Waals surface area contributed by atoms with Crippen LogP contribution in [0.1, 0.15) is 42.4 Å². The predicted molar refractivity (Wildman–Crippen MR) is 179 cm³/mol. The van der Waals surface area contributed by atoms with Gasteiger partial charge in [0.1, 0.15) is 11.9 Å². The molecule has 3 aromatic carbocycles. The number of nitrogens with one attached hydrogen (secondary N) is 2. The number of nitrogens with zero attached hydrogens (tertiary/aromatic N) is 2. The summed E-state index contributed by atoms with van der Waals surface area (Å²) in [7, 11) is 0. The van der Waals surface area contributed by atoms with E-state index >= 15 is 0 Å². The molecule has 3 atom stereocenters. The molecule has 4 aliphatic rings. The molecule has 44 heavy (non-hydrogen) atoms. The molecule has 0 spiro atoms. The predicted octanol–water partition coefficient (Wildman–Crippen LogP) is 6.89. The zero-order chi connectivity index (χ0) is 30.4. The number of anilines is 1. The molecule has 230 valence electrons. The fraction of sp³-hybridized carbons (Fsp3) is 0.400. The highest BCUT2D eigenvalue weighted by Gasteiger charge is 2.41. The molecule has 2 N–H and O–H groups in total. The molecule has 3 aliphatic heterocycles. The average molecular weight is 652 g/mol. The van der Waals surface area contributed by atoms with Crippen LogP contribution >= 0.6 is 34.8 Å². The normalized spacial score (nSPS) is 23.2. The van der Waals surface area contributed by atoms with Gasteiger partial charge >= 0.3 is 0 Å². The smallest absolute Gasteiger partial charge is 0.252 e. The number of hydrogen-bond acceptors (Lipinski definition) is 5. The molecule has 2 bridgehead atoms. The van der Waals surface area contributed by atoms with E-state index in [0.29, 0.717) is 27.7 Å². The van der Waals surface area contributed by atoms with E-state index in [1.165, 1.54) is 0 Å². The van der Waals surface area contributed by atoms with Gasteiger partial charge in [-0.3, -0.25) is 4.79 Å². The molecule has 2 saturated heterocycles. The summed E-state index contributed by atoms with van der Waals surface area (Å²) < 4.78 is 6.27. The molecule has 3 fully saturated rings. The maximum absolute atomic E-state index is 14.5. The first kappa shape index (κ1) is 29.9. The number of halogens is 3. The van der Waals surface area contributed by atoms with Gasteiger partial charge < -0.3 is 25.2 Å². The number of ether oxygens (including phenoxy) is 1. The van der Waals surface area contributed by atoms with Crippen molar-refractivity contribution >= 4 is 52.0 Å². The Morgan fingerprint density at radius 3 is 2.59 bits per heavy atom. The van der Waals surface area contributed by atoms with E-state index in [1.54, 1.807) is 6.07 Å². The van der Waals surface area contributed by atoms with Crippen LogP contribution in [0.4, 0.5) is 5.69 Å². The van der Waals surface area contributed by atoms with Crippen LogP contribution < -0.4 is 20.3 Å². The van der Waals surface area contributed by atoms with Gasteiger partial charge in [0.25, 0.3) is 5.91 Å². The van der Waals surface area contributed by atoms with E-state index in [4.69, 9.17) is 39.5 Å². The summed E-state index contributed by atoms with van der Waals surface area (Å²) in [5.41, 5.74) is 6.30. The Morgan fingerprint density at radius 1 is 1.00 bits per heavy atom. The Morgan fingerprint density at radius 2 is 1.82 bits per heavy atom. The maximum atomic E-state index is 14.5. The molecular weight excluding hydrogens is 615 g/mol. The van der Waals surface area contributed by atoms with Crippen molar-refractivity contribution in [2.24, 2.45) is 0 Å². The summed E-state index contributed by atoms with van der Waals surface area (Å²) in [5, 5.41) is 8.95. The Labute approximate surface area is 274 Å². The van der Waals surface area contributed by atoms with Gasteiger partial charge in [-0.25, -0.2) is 0 Å². The lowest BCUT2D eigenvalue weighted by atomic mass is 9.83. The lowest BCUT2D eigenvalue weighted by Gasteiger charge is -2.41. The summed E-state index contributed by atoms with van der Waals surface area (Å²) in [4.78, 5) is 18.8. The van der Waals surface area contributed by atoms with Gasteiger partial charge in [0, 0.05) is 55.9 Å². The van der Waals surface area contributed by atoms with Crippen molar-refractivity contribution in [3.05, 3.63) is 98.0 Å². The zero-order valence-electron chi connectivity index (χ0n) is 24.8. The van der Waals surface area contributed by atoms with Crippen molar-refractivity contribution in [1.82, 2.24) is 15.5 Å². The number of carbonyl (C=O) groups excluding carboxylic acids is 1. The van der Waals surface area contributed by atoms with Crippen LogP contribution in [0, 0.1) is 6.92 Å². The van der Waals surface area contributed by atoms with Crippen LogP contribution in [-0.2, 0) is 11.3 Å². The number of amides is 1. The first-order valence-corrected chi connectivity index (χ1v) is 16.7. The number of rotatable bonds is 8. The molecule has 1 saturated carbocycles. The molecule has 6 nitrogen and oxygen atoms in total. The molecule has 3 aromatic rings. The van der Waals surface area contributed by atoms with E-state index in [-0.39, 0.29) is 24.1 Å². The highest BCUT2D eigenvalue weighted by atomic mass is 35.5. The largest absolute Gasteiger partial charge is 0.487 e. The summed E-state index contributed by atoms with van der Waals surface area (Å²) in [6.45, 7) is 5.83. The van der Waals surface area contributed by atoms with Gasteiger partial charge in [0.05, 0.1) is 27.7 Å². The first-order valence-electron chi connectivity index (χ1n) is 15.6. The maximum Gasteiger partial charge on any atom is 0.252 e. The monoisotopic (exact) mass is 650 g/mol. The standard InChI is InChI=1S/C35H37Cl3N4O2/c1-21-5-12-32(30(37)15-21)44-27-13-14-41(20-27)25-8-6-22(7-9-25)28-16-24-17-39-18-31(40-24)33(28)35(43)42(26-10-11-26)19-23-3-2-4-29(36)34(23)38/h2-9,12,15,24,26-27,31,39-40H,10-11,13-14,16-20H2,1H3/t24-,27+,31-/m0/s1. The van der Waals surface area contributed by atoms with E-state index < -0.39 is 0 Å². The Hall–Kier alpha value is -2.74. The highest BCUT2D eigenvalue weighted by molar-refractivity contribution is 6.42. The fourth-order valence-electron chi connectivity index (χ4n) is 6.81. The second kappa shape index (κ2) is 12.6. The second-order valence-electron chi connectivity index (χ2n) is 12.5. The van der Waals surface area contributed by atoms with Crippen molar-refractivity contribution in [3.8, 4) is 5.75 Å². The number of aryl methyl sites for hydroxylation is 1. The molecule has 0 unspecified atom stereocenters. The van der Waals surface area contributed by atoms with Gasteiger partial charge in [0.2, 0.25) is 0 Å². The van der Waals surface area contributed by atoms with Crippen molar-refractivity contribution in [3.63, 3.8) is 0 Å². The van der Waals surface area contributed by atoms with Gasteiger partial charge in [-0.15, -0.1) is 0 Å². The lowest BCUT2D eigenvalue weighted by Crippen LogP contribution is -2.60. The number of carbonyl (C=O) groups is 1. The van der Waals surface area contributed by atoms with E-state index in [9.17, 15) is 4.79 Å². The molecular formula is C35H37Cl3N4O2. The SMILES string of the molecule is Cc1ccc(O[C@@H]2CCN(c3ccc(C4=C(C(=O)N(Cc5cccc(Cl)c5Cl)C5CC5)[C@@H]5CNC[C@H](C4)N5)cc3)C2)c(Cl)c1. The Balaban J connectivity index is 1.13. The van der Waals surface area contributed by atoms with Gasteiger partial charge in [0.15, 0.2) is 0 Å². The molecule has 0 radical (unpaired) electrons. The number of piperazine rings is 1. The molecule has 0 aromatic heterocycles. The quantitative estimate of drug-likeness (QED) is 0.278. The average Bonchev–Trinajstić information content (AvgIpc) is 3.76. The molecule has 1 aliphatic carbocycles. The van der Waals surface area contributed by atoms with Crippen molar-refractivity contribution < 1.29 is 9.53 Å². The van der Waals surface area contributed by atoms with E-state index in [2.05, 4.69) is 39.8 Å². The van der Waals surface area contributed by atoms with Crippen LogP contribution in [0.15, 0.2) is 66.2 Å². The summed E-state index contributed by atoms with van der Waals surface area (Å²) >= 11 is 19.3. The van der Waals surface area contributed by atoms with Gasteiger partial charge in [-0.1, -0.05) is 65.1 Å². The number of hydrogen-bond donors (Lipinski definition) is 2. The Bertz CT molecular complexity index is 1590. The minimum atomic E-state index is -0.0363. The van der Waals surface area contributed by atoms with Gasteiger partial charge in [-0.2, -0.15) is 0 Å². The second-order valence-corrected chi connectivity index (χ2v) is 13.7. The minimum Gasteiger partial charge on any atom is -0.487 e. The van der Waals surface area contributed by atoms with Crippen LogP contribution in [-0.4, -0.2) is 61.2 Å². The van der Waals surface area contributed by atoms with E-state index in [1.807, 2.05) is 42.2 Å². The topological polar surface area (TPSA) is 56.8 Å². The first-order chi connectivity index (χ1) is 21.3. The minimum absolute atomic E-state index is 0.0363. The van der Waals surface area contributed by atoms with Crippen molar-refractivity contribution in [1.29, 1.82) is 0 Å². The number of benzene rings is 3. The molecule has 9 heteroatoms. The fourth-order valence-corrected chi connectivity index (χ4v) is 7.47. The zero-order valence-corrected chi connectivity index (χ0v) is 27.1. The number of fused-ring (bicyclic) bond motifs is 2. The van der Waals surface area contributed by atoms with Crippen molar-refractivity contribution in [2.45, 2.75) is 63.4 Å². The molecule has 3 heterocycles. The third-order valence-electron chi connectivity index (χ3n) is 9.26. The highest BCUT2D eigenvalue weighted by Crippen LogP contribution is 2.38. The lowest BCUT2D eigenvalue weighted by molar-refractivity contribution is -0.128. The van der Waals surface area contributed by atoms with Crippen molar-refractivity contribution in [2.75, 3.05) is 31.1 Å². The Kier molecular flexibility index (Phi) is 8.55. The summed E-state index contributed by atoms with van der Waals surface area (Å²) in [5.74, 6) is 0.837. The third-order valence-corrected chi connectivity index (χ3v) is 10.4. The summed E-state index contributed by atoms with van der Waals surface area (Å²) in [6, 6.07) is 20.8. The summed E-state index contributed by atoms with van der Waals surface area (Å²) in [6.07, 6.45) is 3.84. The van der Waals surface area contributed by atoms with Crippen LogP contribution in [0.5, 0.6) is 5.75 Å². The van der Waals surface area contributed by atoms with Crippen LogP contribution in [0.2, 0.25) is 15.1 Å².